The highest BCUT2D eigenvalue weighted by molar-refractivity contribution is 5.77. The van der Waals surface area contributed by atoms with Crippen LogP contribution in [0.25, 0.3) is 0 Å². The molecule has 0 spiro atoms. The second-order valence-electron chi connectivity index (χ2n) is 5.61. The number of rotatable bonds is 5. The summed E-state index contributed by atoms with van der Waals surface area (Å²) in [6.07, 6.45) is 7.89. The van der Waals surface area contributed by atoms with Crippen LogP contribution in [0.1, 0.15) is 51.9 Å². The average Bonchev–Trinajstić information content (AvgIpc) is 2.33. The fourth-order valence-electron chi connectivity index (χ4n) is 2.86. The van der Waals surface area contributed by atoms with E-state index in [0.29, 0.717) is 6.61 Å². The Hall–Kier alpha value is -0.570. The molecule has 0 unspecified atom stereocenters. The molecular weight excluding hydrogens is 214 g/mol. The molecule has 1 saturated heterocycles. The second-order valence-corrected chi connectivity index (χ2v) is 5.61. The molecule has 0 atom stereocenters. The number of carbonyl (C=O) groups excluding carboxylic acids is 1. The smallest absolute Gasteiger partial charge is 0.312 e. The van der Waals surface area contributed by atoms with Crippen LogP contribution in [0.2, 0.25) is 0 Å². The van der Waals surface area contributed by atoms with Gasteiger partial charge < -0.3 is 10.1 Å². The maximum atomic E-state index is 12.2. The molecule has 2 fully saturated rings. The van der Waals surface area contributed by atoms with Crippen molar-refractivity contribution < 1.29 is 9.53 Å². The highest BCUT2D eigenvalue weighted by Crippen LogP contribution is 2.34. The van der Waals surface area contributed by atoms with Crippen LogP contribution >= 0.6 is 0 Å². The first-order valence-electron chi connectivity index (χ1n) is 7.15. The Kier molecular flexibility index (Phi) is 4.43. The van der Waals surface area contributed by atoms with Gasteiger partial charge in [-0.05, 0) is 44.7 Å². The Balaban J connectivity index is 1.75. The van der Waals surface area contributed by atoms with Crippen LogP contribution in [0.4, 0.5) is 0 Å². The Morgan fingerprint density at radius 2 is 2.06 bits per heavy atom. The van der Waals surface area contributed by atoms with Crippen LogP contribution < -0.4 is 5.32 Å². The molecule has 0 amide bonds. The van der Waals surface area contributed by atoms with E-state index in [4.69, 9.17) is 4.74 Å². The van der Waals surface area contributed by atoms with Gasteiger partial charge in [0.25, 0.3) is 0 Å². The maximum Gasteiger partial charge on any atom is 0.312 e. The predicted octanol–water partition coefficient (Wildman–Crippen LogP) is 2.50. The van der Waals surface area contributed by atoms with Crippen LogP contribution in [0.15, 0.2) is 0 Å². The highest BCUT2D eigenvalue weighted by Gasteiger charge is 2.39. The lowest BCUT2D eigenvalue weighted by atomic mass is 9.77. The monoisotopic (exact) mass is 239 g/mol. The lowest BCUT2D eigenvalue weighted by Gasteiger charge is -2.34. The topological polar surface area (TPSA) is 38.3 Å². The SMILES string of the molecule is CCC1(C(=O)OCCC2CCC2)CCNCC1. The minimum atomic E-state index is -0.190. The third-order valence-corrected chi connectivity index (χ3v) is 4.65. The summed E-state index contributed by atoms with van der Waals surface area (Å²) in [6, 6.07) is 0. The van der Waals surface area contributed by atoms with Crippen molar-refractivity contribution >= 4 is 5.97 Å². The number of hydrogen-bond acceptors (Lipinski definition) is 3. The summed E-state index contributed by atoms with van der Waals surface area (Å²) >= 11 is 0. The lowest BCUT2D eigenvalue weighted by molar-refractivity contribution is -0.158. The Bertz CT molecular complexity index is 255. The zero-order valence-corrected chi connectivity index (χ0v) is 11.0. The fraction of sp³-hybridized carbons (Fsp3) is 0.929. The Labute approximate surface area is 104 Å². The number of piperidine rings is 1. The van der Waals surface area contributed by atoms with Crippen LogP contribution in [-0.4, -0.2) is 25.7 Å². The fourth-order valence-corrected chi connectivity index (χ4v) is 2.86. The molecule has 1 N–H and O–H groups in total. The van der Waals surface area contributed by atoms with Crippen molar-refractivity contribution in [3.05, 3.63) is 0 Å². The zero-order valence-electron chi connectivity index (χ0n) is 11.0. The highest BCUT2D eigenvalue weighted by atomic mass is 16.5. The molecule has 0 radical (unpaired) electrons. The molecule has 1 heterocycles. The number of carbonyl (C=O) groups is 1. The van der Waals surface area contributed by atoms with Gasteiger partial charge in [0, 0.05) is 0 Å². The van der Waals surface area contributed by atoms with Gasteiger partial charge >= 0.3 is 5.97 Å². The third kappa shape index (κ3) is 3.01. The van der Waals surface area contributed by atoms with E-state index in [0.717, 1.165) is 44.7 Å². The number of esters is 1. The molecule has 2 aliphatic rings. The van der Waals surface area contributed by atoms with Crippen molar-refractivity contribution in [1.82, 2.24) is 5.32 Å². The predicted molar refractivity (Wildman–Crippen MR) is 67.7 cm³/mol. The number of hydrogen-bond donors (Lipinski definition) is 1. The third-order valence-electron chi connectivity index (χ3n) is 4.65. The van der Waals surface area contributed by atoms with Gasteiger partial charge in [-0.25, -0.2) is 0 Å². The van der Waals surface area contributed by atoms with Gasteiger partial charge in [0.1, 0.15) is 0 Å². The summed E-state index contributed by atoms with van der Waals surface area (Å²) in [5.41, 5.74) is -0.190. The van der Waals surface area contributed by atoms with E-state index < -0.39 is 0 Å². The molecule has 1 saturated carbocycles. The first kappa shape index (κ1) is 12.9. The minimum absolute atomic E-state index is 0.0563. The van der Waals surface area contributed by atoms with Crippen LogP contribution in [0.5, 0.6) is 0 Å². The van der Waals surface area contributed by atoms with E-state index in [1.54, 1.807) is 0 Å². The van der Waals surface area contributed by atoms with Gasteiger partial charge in [-0.3, -0.25) is 4.79 Å². The molecule has 17 heavy (non-hydrogen) atoms. The molecule has 0 aromatic rings. The molecule has 3 nitrogen and oxygen atoms in total. The summed E-state index contributed by atoms with van der Waals surface area (Å²) in [5, 5.41) is 3.31. The molecule has 0 aromatic carbocycles. The van der Waals surface area contributed by atoms with Gasteiger partial charge in [-0.1, -0.05) is 26.2 Å². The van der Waals surface area contributed by atoms with Gasteiger partial charge in [0.05, 0.1) is 12.0 Å². The standard InChI is InChI=1S/C14H25NO2/c1-2-14(7-9-15-10-8-14)13(16)17-11-6-12-4-3-5-12/h12,15H,2-11H2,1H3. The first-order chi connectivity index (χ1) is 8.27. The molecule has 0 bridgehead atoms. The summed E-state index contributed by atoms with van der Waals surface area (Å²) < 4.78 is 5.52. The van der Waals surface area contributed by atoms with Crippen molar-refractivity contribution in [2.75, 3.05) is 19.7 Å². The van der Waals surface area contributed by atoms with Crippen molar-refractivity contribution in [3.8, 4) is 0 Å². The van der Waals surface area contributed by atoms with Crippen LogP contribution in [0, 0.1) is 11.3 Å². The van der Waals surface area contributed by atoms with Gasteiger partial charge in [-0.2, -0.15) is 0 Å². The van der Waals surface area contributed by atoms with E-state index in [1.165, 1.54) is 19.3 Å². The normalized spacial score (nSPS) is 24.1. The second kappa shape index (κ2) is 5.85. The van der Waals surface area contributed by atoms with Crippen LogP contribution in [-0.2, 0) is 9.53 Å². The zero-order chi connectivity index (χ0) is 12.1. The van der Waals surface area contributed by atoms with E-state index in [2.05, 4.69) is 12.2 Å². The maximum absolute atomic E-state index is 12.2. The van der Waals surface area contributed by atoms with Gasteiger partial charge in [-0.15, -0.1) is 0 Å². The summed E-state index contributed by atoms with van der Waals surface area (Å²) in [5.74, 6) is 0.884. The molecule has 3 heteroatoms. The van der Waals surface area contributed by atoms with Crippen LogP contribution in [0.3, 0.4) is 0 Å². The number of ether oxygens (including phenoxy) is 1. The average molecular weight is 239 g/mol. The van der Waals surface area contributed by atoms with E-state index in [-0.39, 0.29) is 11.4 Å². The van der Waals surface area contributed by atoms with Gasteiger partial charge in [0.15, 0.2) is 0 Å². The first-order valence-corrected chi connectivity index (χ1v) is 7.15. The van der Waals surface area contributed by atoms with E-state index in [9.17, 15) is 4.79 Å². The number of nitrogens with one attached hydrogen (secondary N) is 1. The van der Waals surface area contributed by atoms with Crippen molar-refractivity contribution in [3.63, 3.8) is 0 Å². The molecular formula is C14H25NO2. The van der Waals surface area contributed by atoms with Crippen molar-refractivity contribution in [1.29, 1.82) is 0 Å². The summed E-state index contributed by atoms with van der Waals surface area (Å²) in [7, 11) is 0. The molecule has 1 aliphatic carbocycles. The molecule has 1 aliphatic heterocycles. The van der Waals surface area contributed by atoms with Gasteiger partial charge in [0.2, 0.25) is 0 Å². The molecule has 98 valence electrons. The van der Waals surface area contributed by atoms with Crippen molar-refractivity contribution in [2.45, 2.75) is 51.9 Å². The molecule has 2 rings (SSSR count). The minimum Gasteiger partial charge on any atom is -0.465 e. The lowest BCUT2D eigenvalue weighted by Crippen LogP contribution is -2.42. The Morgan fingerprint density at radius 1 is 1.35 bits per heavy atom. The van der Waals surface area contributed by atoms with E-state index >= 15 is 0 Å². The summed E-state index contributed by atoms with van der Waals surface area (Å²) in [6.45, 7) is 4.65. The summed E-state index contributed by atoms with van der Waals surface area (Å²) in [4.78, 5) is 12.2. The van der Waals surface area contributed by atoms with Crippen molar-refractivity contribution in [2.24, 2.45) is 11.3 Å². The van der Waals surface area contributed by atoms with E-state index in [1.807, 2.05) is 0 Å². The molecule has 0 aromatic heterocycles. The largest absolute Gasteiger partial charge is 0.465 e. The Morgan fingerprint density at radius 3 is 2.59 bits per heavy atom. The quantitative estimate of drug-likeness (QED) is 0.749.